The van der Waals surface area contributed by atoms with E-state index in [2.05, 4.69) is 20.7 Å². The summed E-state index contributed by atoms with van der Waals surface area (Å²) in [6.45, 7) is 1.80. The van der Waals surface area contributed by atoms with Crippen molar-refractivity contribution < 1.29 is 13.7 Å². The minimum atomic E-state index is -0.556. The maximum atomic E-state index is 11.2. The second-order valence-corrected chi connectivity index (χ2v) is 5.68. The van der Waals surface area contributed by atoms with Gasteiger partial charge in [0, 0.05) is 24.6 Å². The number of nitrogens with zero attached hydrogens (tertiary/aromatic N) is 3. The summed E-state index contributed by atoms with van der Waals surface area (Å²) in [5.74, 6) is 1.64. The molecule has 0 spiro atoms. The highest BCUT2D eigenvalue weighted by Crippen LogP contribution is 2.48. The zero-order chi connectivity index (χ0) is 14.4. The summed E-state index contributed by atoms with van der Waals surface area (Å²) in [7, 11) is 0. The Bertz CT molecular complexity index is 669. The summed E-state index contributed by atoms with van der Waals surface area (Å²) < 4.78 is 10.6. The topological polar surface area (TPSA) is 120 Å². The van der Waals surface area contributed by atoms with E-state index in [4.69, 9.17) is 14.7 Å². The molecule has 0 aromatic carbocycles. The monoisotopic (exact) mass is 289 g/mol. The van der Waals surface area contributed by atoms with Crippen LogP contribution in [0.2, 0.25) is 0 Å². The molecular formula is C13H15N5O3. The van der Waals surface area contributed by atoms with E-state index in [9.17, 15) is 4.79 Å². The van der Waals surface area contributed by atoms with Crippen molar-refractivity contribution in [2.24, 2.45) is 5.73 Å². The van der Waals surface area contributed by atoms with E-state index in [1.165, 1.54) is 6.26 Å². The van der Waals surface area contributed by atoms with Crippen LogP contribution in [0.25, 0.3) is 0 Å². The Labute approximate surface area is 120 Å². The third-order valence-electron chi connectivity index (χ3n) is 4.34. The molecule has 0 unspecified atom stereocenters. The van der Waals surface area contributed by atoms with E-state index >= 15 is 0 Å². The lowest BCUT2D eigenvalue weighted by atomic mass is 9.71. The number of carbonyl (C=O) groups is 1. The number of nitrogens with two attached hydrogens (primary N) is 1. The average molecular weight is 289 g/mol. The van der Waals surface area contributed by atoms with Crippen molar-refractivity contribution in [2.75, 3.05) is 13.1 Å². The average Bonchev–Trinajstić information content (AvgIpc) is 2.94. The molecule has 1 aliphatic heterocycles. The summed E-state index contributed by atoms with van der Waals surface area (Å²) in [6.07, 6.45) is 3.18. The fourth-order valence-electron chi connectivity index (χ4n) is 2.83. The van der Waals surface area contributed by atoms with Gasteiger partial charge in [0.25, 0.3) is 5.91 Å². The van der Waals surface area contributed by atoms with Crippen molar-refractivity contribution in [3.8, 4) is 0 Å². The third-order valence-corrected chi connectivity index (χ3v) is 4.34. The summed E-state index contributed by atoms with van der Waals surface area (Å²) in [4.78, 5) is 11.2. The number of carbonyl (C=O) groups excluding carboxylic acids is 1. The van der Waals surface area contributed by atoms with Crippen molar-refractivity contribution in [3.05, 3.63) is 29.3 Å². The standard InChI is InChI=1S/C13H15N5O3/c14-11(19)10-9(5-20-18-10)6-1-7(2-6)12-16-17-13(21-12)8-3-15-4-8/h5-8,15H,1-4H2,(H2,14,19). The van der Waals surface area contributed by atoms with Gasteiger partial charge < -0.3 is 20.0 Å². The van der Waals surface area contributed by atoms with Crippen molar-refractivity contribution in [1.82, 2.24) is 20.7 Å². The van der Waals surface area contributed by atoms with Crippen molar-refractivity contribution >= 4 is 5.91 Å². The first kappa shape index (κ1) is 12.5. The number of nitrogens with one attached hydrogen (secondary N) is 1. The molecule has 110 valence electrons. The number of rotatable bonds is 4. The molecule has 8 nitrogen and oxygen atoms in total. The van der Waals surface area contributed by atoms with Crippen LogP contribution in [-0.4, -0.2) is 34.4 Å². The summed E-state index contributed by atoms with van der Waals surface area (Å²) in [5.41, 5.74) is 6.28. The lowest BCUT2D eigenvalue weighted by Gasteiger charge is -2.32. The van der Waals surface area contributed by atoms with Crippen molar-refractivity contribution in [3.63, 3.8) is 0 Å². The first-order valence-corrected chi connectivity index (χ1v) is 7.00. The van der Waals surface area contributed by atoms with Gasteiger partial charge in [-0.05, 0) is 18.8 Å². The Morgan fingerprint density at radius 3 is 2.52 bits per heavy atom. The molecule has 0 bridgehead atoms. The van der Waals surface area contributed by atoms with Gasteiger partial charge in [0.2, 0.25) is 11.8 Å². The van der Waals surface area contributed by atoms with E-state index in [0.717, 1.165) is 37.4 Å². The molecule has 3 heterocycles. The van der Waals surface area contributed by atoms with Crippen LogP contribution < -0.4 is 11.1 Å². The molecule has 2 aromatic rings. The molecule has 2 aromatic heterocycles. The zero-order valence-corrected chi connectivity index (χ0v) is 11.3. The largest absolute Gasteiger partial charge is 0.425 e. The first-order valence-electron chi connectivity index (χ1n) is 7.00. The van der Waals surface area contributed by atoms with Gasteiger partial charge in [-0.15, -0.1) is 10.2 Å². The molecule has 2 fully saturated rings. The molecule has 0 atom stereocenters. The summed E-state index contributed by atoms with van der Waals surface area (Å²) in [6, 6.07) is 0. The minimum absolute atomic E-state index is 0.212. The SMILES string of the molecule is NC(=O)c1nocc1C1CC(c2nnc(C3CNC3)o2)C1. The molecule has 1 saturated carbocycles. The molecule has 8 heteroatoms. The van der Waals surface area contributed by atoms with Gasteiger partial charge in [-0.25, -0.2) is 0 Å². The highest BCUT2D eigenvalue weighted by atomic mass is 16.5. The predicted molar refractivity (Wildman–Crippen MR) is 69.6 cm³/mol. The highest BCUT2D eigenvalue weighted by molar-refractivity contribution is 5.92. The van der Waals surface area contributed by atoms with Crippen LogP contribution in [0.5, 0.6) is 0 Å². The summed E-state index contributed by atoms with van der Waals surface area (Å²) in [5, 5.41) is 15.1. The van der Waals surface area contributed by atoms with Crippen LogP contribution in [0.1, 0.15) is 58.4 Å². The van der Waals surface area contributed by atoms with E-state index in [0.29, 0.717) is 11.8 Å². The van der Waals surface area contributed by atoms with Gasteiger partial charge in [-0.1, -0.05) is 5.16 Å². The number of hydrogen-bond acceptors (Lipinski definition) is 7. The number of aromatic nitrogens is 3. The fraction of sp³-hybridized carbons (Fsp3) is 0.538. The van der Waals surface area contributed by atoms with Gasteiger partial charge in [-0.3, -0.25) is 4.79 Å². The van der Waals surface area contributed by atoms with Gasteiger partial charge in [0.15, 0.2) is 5.69 Å². The van der Waals surface area contributed by atoms with Gasteiger partial charge in [-0.2, -0.15) is 0 Å². The third kappa shape index (κ3) is 2.02. The van der Waals surface area contributed by atoms with Crippen LogP contribution in [0.3, 0.4) is 0 Å². The fourth-order valence-corrected chi connectivity index (χ4v) is 2.83. The molecule has 1 amide bonds. The lowest BCUT2D eigenvalue weighted by Crippen LogP contribution is -2.40. The van der Waals surface area contributed by atoms with E-state index < -0.39 is 5.91 Å². The van der Waals surface area contributed by atoms with Crippen LogP contribution in [0, 0.1) is 0 Å². The Hall–Kier alpha value is -2.22. The smallest absolute Gasteiger partial charge is 0.271 e. The van der Waals surface area contributed by atoms with Crippen LogP contribution >= 0.6 is 0 Å². The predicted octanol–water partition coefficient (Wildman–Crippen LogP) is 0.504. The Kier molecular flexibility index (Phi) is 2.78. The summed E-state index contributed by atoms with van der Waals surface area (Å²) >= 11 is 0. The van der Waals surface area contributed by atoms with Crippen LogP contribution in [0.4, 0.5) is 0 Å². The Morgan fingerprint density at radius 1 is 1.19 bits per heavy atom. The zero-order valence-electron chi connectivity index (χ0n) is 11.3. The maximum Gasteiger partial charge on any atom is 0.271 e. The Balaban J connectivity index is 1.43. The molecule has 4 rings (SSSR count). The number of hydrogen-bond donors (Lipinski definition) is 2. The van der Waals surface area contributed by atoms with E-state index in [1.807, 2.05) is 0 Å². The molecule has 1 saturated heterocycles. The van der Waals surface area contributed by atoms with Gasteiger partial charge >= 0.3 is 0 Å². The van der Waals surface area contributed by atoms with Gasteiger partial charge in [0.1, 0.15) is 6.26 Å². The minimum Gasteiger partial charge on any atom is -0.425 e. The normalized spacial score (nSPS) is 25.3. The van der Waals surface area contributed by atoms with E-state index in [-0.39, 0.29) is 17.5 Å². The van der Waals surface area contributed by atoms with Crippen LogP contribution in [-0.2, 0) is 0 Å². The number of amides is 1. The number of primary amides is 1. The molecular weight excluding hydrogens is 274 g/mol. The van der Waals surface area contributed by atoms with E-state index in [1.54, 1.807) is 0 Å². The Morgan fingerprint density at radius 2 is 1.90 bits per heavy atom. The highest BCUT2D eigenvalue weighted by Gasteiger charge is 2.38. The molecule has 2 aliphatic rings. The quantitative estimate of drug-likeness (QED) is 0.841. The second kappa shape index (κ2) is 4.66. The molecule has 21 heavy (non-hydrogen) atoms. The van der Waals surface area contributed by atoms with Crippen molar-refractivity contribution in [1.29, 1.82) is 0 Å². The van der Waals surface area contributed by atoms with Gasteiger partial charge in [0.05, 0.1) is 5.92 Å². The lowest BCUT2D eigenvalue weighted by molar-refractivity contribution is 0.0989. The molecule has 1 aliphatic carbocycles. The molecule has 0 radical (unpaired) electrons. The van der Waals surface area contributed by atoms with Crippen molar-refractivity contribution in [2.45, 2.75) is 30.6 Å². The first-order chi connectivity index (χ1) is 10.2. The molecule has 3 N–H and O–H groups in total. The second-order valence-electron chi connectivity index (χ2n) is 5.68. The van der Waals surface area contributed by atoms with Crippen LogP contribution in [0.15, 0.2) is 15.2 Å². The maximum absolute atomic E-state index is 11.2.